The average Bonchev–Trinajstić information content (AvgIpc) is 2.59. The molecule has 0 saturated heterocycles. The topological polar surface area (TPSA) is 38.8 Å². The Labute approximate surface area is 143 Å². The molecule has 0 aliphatic heterocycles. The van der Waals surface area contributed by atoms with Crippen LogP contribution in [0.25, 0.3) is 6.08 Å². The lowest BCUT2D eigenvalue weighted by Gasteiger charge is -2.09. The summed E-state index contributed by atoms with van der Waals surface area (Å²) in [6.45, 7) is 0.852. The molecule has 0 spiro atoms. The normalized spacial score (nSPS) is 11.0. The number of carbonyl (C=O) groups is 1. The SMILES string of the molecule is COc1ccc(OC)c(C=CC(=O)c2ccc(CN(C)C)cc2)c1. The molecule has 0 fully saturated rings. The van der Waals surface area contributed by atoms with Crippen LogP contribution in [0.15, 0.2) is 48.5 Å². The van der Waals surface area contributed by atoms with Gasteiger partial charge in [0.05, 0.1) is 14.2 Å². The lowest BCUT2D eigenvalue weighted by molar-refractivity contribution is 0.104. The fourth-order valence-electron chi connectivity index (χ4n) is 2.37. The Balaban J connectivity index is 2.15. The van der Waals surface area contributed by atoms with Crippen molar-refractivity contribution in [3.05, 3.63) is 65.2 Å². The van der Waals surface area contributed by atoms with Gasteiger partial charge in [-0.05, 0) is 50.0 Å². The summed E-state index contributed by atoms with van der Waals surface area (Å²) in [6, 6.07) is 13.1. The van der Waals surface area contributed by atoms with Crippen LogP contribution >= 0.6 is 0 Å². The van der Waals surface area contributed by atoms with Gasteiger partial charge < -0.3 is 14.4 Å². The minimum Gasteiger partial charge on any atom is -0.497 e. The van der Waals surface area contributed by atoms with Crippen LogP contribution in [0.5, 0.6) is 11.5 Å². The Hall–Kier alpha value is -2.59. The molecule has 0 atom stereocenters. The van der Waals surface area contributed by atoms with Crippen molar-refractivity contribution in [1.29, 1.82) is 0 Å². The van der Waals surface area contributed by atoms with Crippen molar-refractivity contribution in [3.63, 3.8) is 0 Å². The van der Waals surface area contributed by atoms with Crippen molar-refractivity contribution in [2.24, 2.45) is 0 Å². The van der Waals surface area contributed by atoms with Crippen molar-refractivity contribution in [3.8, 4) is 11.5 Å². The first-order chi connectivity index (χ1) is 11.5. The minimum atomic E-state index is -0.0451. The van der Waals surface area contributed by atoms with Gasteiger partial charge in [0.15, 0.2) is 5.78 Å². The van der Waals surface area contributed by atoms with Crippen molar-refractivity contribution in [2.75, 3.05) is 28.3 Å². The van der Waals surface area contributed by atoms with Gasteiger partial charge in [-0.25, -0.2) is 0 Å². The van der Waals surface area contributed by atoms with E-state index < -0.39 is 0 Å². The maximum absolute atomic E-state index is 12.3. The predicted octanol–water partition coefficient (Wildman–Crippen LogP) is 3.66. The lowest BCUT2D eigenvalue weighted by Crippen LogP contribution is -2.10. The maximum Gasteiger partial charge on any atom is 0.185 e. The highest BCUT2D eigenvalue weighted by atomic mass is 16.5. The average molecular weight is 325 g/mol. The van der Waals surface area contributed by atoms with Gasteiger partial charge in [-0.2, -0.15) is 0 Å². The third kappa shape index (κ3) is 4.70. The largest absolute Gasteiger partial charge is 0.497 e. The van der Waals surface area contributed by atoms with E-state index in [1.165, 1.54) is 5.56 Å². The van der Waals surface area contributed by atoms with Crippen LogP contribution < -0.4 is 9.47 Å². The Bertz CT molecular complexity index is 718. The first-order valence-corrected chi connectivity index (χ1v) is 7.71. The molecule has 2 aromatic carbocycles. The molecule has 4 nitrogen and oxygen atoms in total. The van der Waals surface area contributed by atoms with E-state index in [0.29, 0.717) is 11.3 Å². The molecule has 0 aromatic heterocycles. The number of methoxy groups -OCH3 is 2. The van der Waals surface area contributed by atoms with Gasteiger partial charge in [-0.15, -0.1) is 0 Å². The van der Waals surface area contributed by atoms with Crippen molar-refractivity contribution >= 4 is 11.9 Å². The van der Waals surface area contributed by atoms with E-state index in [9.17, 15) is 4.79 Å². The van der Waals surface area contributed by atoms with E-state index >= 15 is 0 Å². The number of ketones is 1. The first kappa shape index (κ1) is 17.8. The minimum absolute atomic E-state index is 0.0451. The van der Waals surface area contributed by atoms with Crippen LogP contribution in [0, 0.1) is 0 Å². The summed E-state index contributed by atoms with van der Waals surface area (Å²) in [7, 11) is 7.24. The molecule has 0 N–H and O–H groups in total. The number of nitrogens with zero attached hydrogens (tertiary/aromatic N) is 1. The molecular weight excluding hydrogens is 302 g/mol. The van der Waals surface area contributed by atoms with E-state index in [4.69, 9.17) is 9.47 Å². The van der Waals surface area contributed by atoms with Gasteiger partial charge in [0.25, 0.3) is 0 Å². The molecule has 0 aliphatic rings. The second-order valence-electron chi connectivity index (χ2n) is 5.74. The Morgan fingerprint density at radius 3 is 2.33 bits per heavy atom. The second-order valence-corrected chi connectivity index (χ2v) is 5.74. The van der Waals surface area contributed by atoms with E-state index in [-0.39, 0.29) is 5.78 Å². The van der Waals surface area contributed by atoms with Crippen LogP contribution in [0.1, 0.15) is 21.5 Å². The number of ether oxygens (including phenoxy) is 2. The number of allylic oxidation sites excluding steroid dienone is 1. The quantitative estimate of drug-likeness (QED) is 0.575. The summed E-state index contributed by atoms with van der Waals surface area (Å²) in [5, 5.41) is 0. The van der Waals surface area contributed by atoms with Crippen LogP contribution in [-0.4, -0.2) is 39.0 Å². The maximum atomic E-state index is 12.3. The van der Waals surface area contributed by atoms with Gasteiger partial charge in [0.1, 0.15) is 11.5 Å². The smallest absolute Gasteiger partial charge is 0.185 e. The van der Waals surface area contributed by atoms with Crippen LogP contribution in [0.3, 0.4) is 0 Å². The van der Waals surface area contributed by atoms with E-state index in [1.807, 2.05) is 56.6 Å². The molecule has 0 unspecified atom stereocenters. The van der Waals surface area contributed by atoms with Crippen LogP contribution in [0.4, 0.5) is 0 Å². The van der Waals surface area contributed by atoms with E-state index in [0.717, 1.165) is 17.9 Å². The van der Waals surface area contributed by atoms with Crippen LogP contribution in [-0.2, 0) is 6.54 Å². The summed E-state index contributed by atoms with van der Waals surface area (Å²) in [5.74, 6) is 1.37. The monoisotopic (exact) mass is 325 g/mol. The fraction of sp³-hybridized carbons (Fsp3) is 0.250. The summed E-state index contributed by atoms with van der Waals surface area (Å²) < 4.78 is 10.5. The zero-order valence-electron chi connectivity index (χ0n) is 14.6. The second kappa shape index (κ2) is 8.31. The van der Waals surface area contributed by atoms with Gasteiger partial charge in [0.2, 0.25) is 0 Å². The molecule has 2 aromatic rings. The zero-order chi connectivity index (χ0) is 17.5. The molecule has 126 valence electrons. The predicted molar refractivity (Wildman–Crippen MR) is 96.7 cm³/mol. The Morgan fingerprint density at radius 1 is 1.04 bits per heavy atom. The summed E-state index contributed by atoms with van der Waals surface area (Å²) in [5.41, 5.74) is 2.64. The van der Waals surface area contributed by atoms with Gasteiger partial charge in [-0.1, -0.05) is 24.3 Å². The van der Waals surface area contributed by atoms with Crippen molar-refractivity contribution < 1.29 is 14.3 Å². The number of hydrogen-bond donors (Lipinski definition) is 0. The molecule has 4 heteroatoms. The zero-order valence-corrected chi connectivity index (χ0v) is 14.6. The first-order valence-electron chi connectivity index (χ1n) is 7.71. The Kier molecular flexibility index (Phi) is 6.15. The molecule has 0 aliphatic carbocycles. The molecule has 0 saturated carbocycles. The molecular formula is C20H23NO3. The summed E-state index contributed by atoms with van der Waals surface area (Å²) in [6.07, 6.45) is 3.30. The van der Waals surface area contributed by atoms with Gasteiger partial charge in [0, 0.05) is 17.7 Å². The van der Waals surface area contributed by atoms with Gasteiger partial charge >= 0.3 is 0 Å². The third-order valence-electron chi connectivity index (χ3n) is 3.59. The number of benzene rings is 2. The number of rotatable bonds is 7. The standard InChI is InChI=1S/C20H23NO3/c1-21(2)14-15-5-7-16(8-6-15)19(22)11-9-17-13-18(23-3)10-12-20(17)24-4/h5-13H,14H2,1-4H3. The number of carbonyl (C=O) groups excluding carboxylic acids is 1. The molecule has 0 heterocycles. The van der Waals surface area contributed by atoms with E-state index in [1.54, 1.807) is 26.4 Å². The van der Waals surface area contributed by atoms with Crippen molar-refractivity contribution in [2.45, 2.75) is 6.54 Å². The molecule has 0 amide bonds. The highest BCUT2D eigenvalue weighted by Crippen LogP contribution is 2.25. The molecule has 0 bridgehead atoms. The van der Waals surface area contributed by atoms with Crippen molar-refractivity contribution in [1.82, 2.24) is 4.90 Å². The third-order valence-corrected chi connectivity index (χ3v) is 3.59. The molecule has 0 radical (unpaired) electrons. The summed E-state index contributed by atoms with van der Waals surface area (Å²) >= 11 is 0. The lowest BCUT2D eigenvalue weighted by atomic mass is 10.1. The van der Waals surface area contributed by atoms with E-state index in [2.05, 4.69) is 4.90 Å². The molecule has 24 heavy (non-hydrogen) atoms. The van der Waals surface area contributed by atoms with Gasteiger partial charge in [-0.3, -0.25) is 4.79 Å². The highest BCUT2D eigenvalue weighted by Gasteiger charge is 2.05. The Morgan fingerprint density at radius 2 is 1.75 bits per heavy atom. The summed E-state index contributed by atoms with van der Waals surface area (Å²) in [4.78, 5) is 14.4. The van der Waals surface area contributed by atoms with Crippen LogP contribution in [0.2, 0.25) is 0 Å². The fourth-order valence-corrected chi connectivity index (χ4v) is 2.37. The highest BCUT2D eigenvalue weighted by molar-refractivity contribution is 6.07. The number of hydrogen-bond acceptors (Lipinski definition) is 4. The molecule has 2 rings (SSSR count).